The van der Waals surface area contributed by atoms with Crippen molar-refractivity contribution < 1.29 is 174 Å². The number of esters is 3. The number of β-amino-alcohol motifs (C(OH)–C–C–N with tert-alkyl or cyclic N) is 1. The topological polar surface area (TPSA) is 467 Å². The van der Waals surface area contributed by atoms with Crippen LogP contribution < -0.4 is 34.9 Å². The second-order valence-electron chi connectivity index (χ2n) is 32.2. The molecule has 7 aliphatic rings. The molecule has 7 aliphatic heterocycles. The molecule has 0 saturated carbocycles. The fourth-order valence-corrected chi connectivity index (χ4v) is 14.2. The first-order chi connectivity index (χ1) is 65.2. The van der Waals surface area contributed by atoms with Crippen molar-refractivity contribution in [3.05, 3.63) is 240 Å². The van der Waals surface area contributed by atoms with Crippen molar-refractivity contribution in [3.8, 4) is 0 Å². The number of nitrogens with one attached hydrogen (secondary N) is 1. The smallest absolute Gasteiger partial charge is 0.793 e. The van der Waals surface area contributed by atoms with Gasteiger partial charge in [-0.1, -0.05) is 188 Å². The minimum atomic E-state index is -1.21. The van der Waals surface area contributed by atoms with Crippen LogP contribution in [0, 0.1) is 17.8 Å². The molecule has 0 bridgehead atoms. The SMILES string of the molecule is C.C1CCNC1.C=C(C)CC1C(=O)CN(C(=O)OCc2ccccc2)C1C(=O)O.C=C(C)CC1C(=O)CN(C(=O)OCc2ccccc2)C1C(=O)OC.C=C(C)CC1C(C(=O)O)N(C(=O)OCc2ccccc2)C[C@@H]1O.C=C(C)CCl.CC(=O)OOC(C)=O.COC(=O)C1C=C(N2CCCC2)CN1C(=O)OCc1ccccc1.COC(=O)C1CC(=O)CN1C(=O)OCc1ccccc1.[B-]OC(C)=O.[Na+]. The van der Waals surface area contributed by atoms with E-state index in [0.29, 0.717) is 30.8 Å². The number of Topliss-reactive ketones (excluding diaryl/α,β-unsaturated/α-hetero) is 3. The average Bonchev–Trinajstić information content (AvgIpc) is 1.65. The predicted octanol–water partition coefficient (Wildman–Crippen LogP) is 9.38. The van der Waals surface area contributed by atoms with Crippen molar-refractivity contribution in [3.63, 3.8) is 0 Å². The fourth-order valence-electron chi connectivity index (χ4n) is 14.2. The first kappa shape index (κ1) is 122. The summed E-state index contributed by atoms with van der Waals surface area (Å²) in [6.07, 6.45) is 3.47. The number of carboxylic acids is 2. The molecule has 12 rings (SSSR count). The number of aliphatic hydroxyl groups excluding tert-OH is 1. The summed E-state index contributed by atoms with van der Waals surface area (Å²) in [6.45, 7) is 30.1. The summed E-state index contributed by atoms with van der Waals surface area (Å²) in [4.78, 5) is 200. The maximum atomic E-state index is 12.5. The van der Waals surface area contributed by atoms with Crippen LogP contribution in [0.25, 0.3) is 0 Å². The quantitative estimate of drug-likeness (QED) is 0.00899. The number of methoxy groups -OCH3 is 3. The molecule has 5 aromatic rings. The molecule has 749 valence electrons. The zero-order valence-corrected chi connectivity index (χ0v) is 82.6. The van der Waals surface area contributed by atoms with Crippen LogP contribution in [-0.4, -0.2) is 271 Å². The number of amides is 5. The first-order valence-electron chi connectivity index (χ1n) is 43.5. The third-order valence-electron chi connectivity index (χ3n) is 20.6. The minimum Gasteiger partial charge on any atom is -0.793 e. The Kier molecular flexibility index (Phi) is 57.7. The van der Waals surface area contributed by atoms with Gasteiger partial charge in [-0.05, 0) is 120 Å². The van der Waals surface area contributed by atoms with Gasteiger partial charge in [-0.3, -0.25) is 43.7 Å². The van der Waals surface area contributed by atoms with Crippen molar-refractivity contribution in [2.45, 2.75) is 177 Å². The summed E-state index contributed by atoms with van der Waals surface area (Å²) in [5.41, 5.74) is 8.42. The molecule has 40 heteroatoms. The normalized spacial score (nSPS) is 18.6. The van der Waals surface area contributed by atoms with Gasteiger partial charge in [0.25, 0.3) is 0 Å². The van der Waals surface area contributed by atoms with Gasteiger partial charge in [0, 0.05) is 57.8 Å². The number of carbonyl (C=O) groups excluding carboxylic acids is 14. The molecule has 5 amide bonds. The van der Waals surface area contributed by atoms with Gasteiger partial charge in [0.1, 0.15) is 57.2 Å². The summed E-state index contributed by atoms with van der Waals surface area (Å²) in [5, 5.41) is 32.1. The van der Waals surface area contributed by atoms with Crippen LogP contribution in [0.15, 0.2) is 212 Å². The number of nitrogens with zero attached hydrogens (tertiary/aromatic N) is 6. The van der Waals surface area contributed by atoms with Crippen molar-refractivity contribution >= 4 is 115 Å². The number of alkyl halides is 1. The number of allylic oxidation sites excluding steroid dienone is 4. The van der Waals surface area contributed by atoms with Crippen molar-refractivity contribution in [1.82, 2.24) is 34.7 Å². The Morgan fingerprint density at radius 2 is 0.763 bits per heavy atom. The van der Waals surface area contributed by atoms with Gasteiger partial charge in [0.2, 0.25) is 5.97 Å². The number of rotatable bonds is 23. The minimum absolute atomic E-state index is 0. The number of carbonyl (C=O) groups is 16. The Hall–Kier alpha value is -13.0. The van der Waals surface area contributed by atoms with E-state index in [0.717, 1.165) is 110 Å². The van der Waals surface area contributed by atoms with E-state index in [2.05, 4.69) is 63.7 Å². The summed E-state index contributed by atoms with van der Waals surface area (Å²) in [7, 11) is 8.11. The van der Waals surface area contributed by atoms with Crippen LogP contribution in [0.3, 0.4) is 0 Å². The van der Waals surface area contributed by atoms with Gasteiger partial charge in [-0.15, -0.1) is 31.3 Å². The Morgan fingerprint density at radius 1 is 0.432 bits per heavy atom. The van der Waals surface area contributed by atoms with E-state index in [-0.39, 0.29) is 126 Å². The standard InChI is InChI=1S/C18H22N2O4.C18H21NO5.C17H21NO5.C17H19NO5.C14H15NO5.C4H7Cl.C4H9N.C4H6O4.C2H3BO2.CH4.Na/c1-23-17(21)16-11-15(19-9-5-6-10-19)12-20(16)18(22)24-13-14-7-3-2-4-8-14;1-12(2)9-14-15(20)10-19(16(14)17(21)23-3)18(22)24-11-13-7-5-4-6-8-13;2*1-11(2)8-13-14(19)9-18(15(13)16(20)21)17(22)23-10-12-6-4-3-5-7-12;1-19-13(17)12-7-11(16)8-15(12)14(18)20-9-10-5-3-2-4-6-10;1-4(2)3-5;1-2-4-5-3-1;1-3(5)7-8-4(2)6;1-2(4)5-3;;/h2-4,7-8,11,16H,5-6,9-10,12-13H2,1H3;4-8,14,16H,1,9-11H2,2-3H3;3-7,13-15,19H,1,8-10H2,2H3,(H,20,21);3-7,13,15H,1,8-10H2,2H3,(H,20,21);2-6,12H,7-9H2,1H3;1,3H2,2H3;5H,1-4H2;1-2H3;1H3;1H4;/q;;;;;;;;-1;;+1/t;;13?,14-,15?;;;;;;;;/m..0......../s1. The number of likely N-dealkylation sites (tertiary alicyclic amines) is 5. The second kappa shape index (κ2) is 65.7. The number of aliphatic hydroxyl groups is 1. The zero-order valence-electron chi connectivity index (χ0n) is 79.8. The molecular weight excluding hydrogens is 1840 g/mol. The van der Waals surface area contributed by atoms with Crippen molar-refractivity contribution in [1.29, 1.82) is 0 Å². The largest absolute Gasteiger partial charge is 1.00 e. The van der Waals surface area contributed by atoms with Crippen molar-refractivity contribution in [2.75, 3.05) is 86.1 Å². The number of ketones is 3. The molecule has 0 spiro atoms. The molecule has 37 nitrogen and oxygen atoms in total. The monoisotopic (exact) mass is 1960 g/mol. The molecule has 139 heavy (non-hydrogen) atoms. The van der Waals surface area contributed by atoms with Gasteiger partial charge in [-0.2, -0.15) is 0 Å². The van der Waals surface area contributed by atoms with E-state index in [1.165, 1.54) is 59.1 Å². The van der Waals surface area contributed by atoms with Crippen LogP contribution in [0.4, 0.5) is 24.0 Å². The van der Waals surface area contributed by atoms with Crippen LogP contribution in [0.5, 0.6) is 0 Å². The number of hydrogen-bond donors (Lipinski definition) is 4. The van der Waals surface area contributed by atoms with E-state index in [1.54, 1.807) is 32.9 Å². The number of halogens is 1. The Morgan fingerprint density at radius 3 is 1.07 bits per heavy atom. The second-order valence-corrected chi connectivity index (χ2v) is 32.4. The van der Waals surface area contributed by atoms with Gasteiger partial charge >= 0.3 is 102 Å². The van der Waals surface area contributed by atoms with E-state index >= 15 is 0 Å². The number of carboxylic acid groups (broad SMARTS) is 2. The Bertz CT molecular complexity index is 4860. The van der Waals surface area contributed by atoms with Gasteiger partial charge < -0.3 is 76.1 Å². The van der Waals surface area contributed by atoms with Gasteiger partial charge in [0.05, 0.1) is 72.0 Å². The number of ether oxygens (including phenoxy) is 8. The summed E-state index contributed by atoms with van der Waals surface area (Å²) in [6, 6.07) is 41.1. The molecule has 8 unspecified atom stereocenters. The number of hydrogen-bond acceptors (Lipinski definition) is 30. The molecule has 6 saturated heterocycles. The first-order valence-corrected chi connectivity index (χ1v) is 44.1. The van der Waals surface area contributed by atoms with Crippen LogP contribution >= 0.6 is 11.6 Å². The van der Waals surface area contributed by atoms with Gasteiger partial charge in [0.15, 0.2) is 23.4 Å². The Labute approximate surface area is 839 Å². The third-order valence-corrected chi connectivity index (χ3v) is 21.1. The maximum Gasteiger partial charge on any atom is 1.00 e. The number of aliphatic carboxylic acids is 2. The zero-order chi connectivity index (χ0) is 102. The van der Waals surface area contributed by atoms with Crippen LogP contribution in [0.2, 0.25) is 0 Å². The van der Waals surface area contributed by atoms with E-state index < -0.39 is 132 Å². The molecule has 5 aromatic carbocycles. The van der Waals surface area contributed by atoms with Gasteiger partial charge in [-0.25, -0.2) is 67.3 Å². The Balaban J connectivity index is 0.000000553. The fraction of sp³-hybridized carbons (Fsp3) is 0.434. The van der Waals surface area contributed by atoms with E-state index in [4.69, 9.17) is 44.8 Å². The molecule has 0 aromatic heterocycles. The van der Waals surface area contributed by atoms with E-state index in [1.807, 2.05) is 153 Å². The summed E-state index contributed by atoms with van der Waals surface area (Å²) >= 11 is 5.24. The third kappa shape index (κ3) is 44.1. The van der Waals surface area contributed by atoms with Crippen LogP contribution in [0.1, 0.15) is 135 Å². The predicted molar refractivity (Wildman–Crippen MR) is 506 cm³/mol. The average molecular weight is 1960 g/mol. The van der Waals surface area contributed by atoms with Crippen LogP contribution in [-0.2, 0) is 138 Å². The number of benzene rings is 5. The summed E-state index contributed by atoms with van der Waals surface area (Å²) < 4.78 is 43.9. The maximum absolute atomic E-state index is 12.5. The summed E-state index contributed by atoms with van der Waals surface area (Å²) in [5.74, 6) is -7.83. The van der Waals surface area contributed by atoms with E-state index in [9.17, 15) is 92.0 Å². The van der Waals surface area contributed by atoms with Crippen molar-refractivity contribution in [2.24, 2.45) is 17.8 Å². The molecule has 7 heterocycles. The molecule has 4 N–H and O–H groups in total. The molecule has 0 aliphatic carbocycles. The molecule has 3 radical (unpaired) electrons. The molecule has 9 atom stereocenters. The molecular formula is C99H127BClN7NaO30. The molecule has 6 fully saturated rings.